The third kappa shape index (κ3) is 2.12. The monoisotopic (exact) mass is 255 g/mol. The number of aliphatic hydroxyl groups is 1. The fourth-order valence-electron chi connectivity index (χ4n) is 2.95. The van der Waals surface area contributed by atoms with Gasteiger partial charge in [0.15, 0.2) is 0 Å². The maximum absolute atomic E-state index is 10.6. The molecule has 0 amide bonds. The van der Waals surface area contributed by atoms with Gasteiger partial charge in [-0.15, -0.1) is 0 Å². The van der Waals surface area contributed by atoms with E-state index in [2.05, 4.69) is 16.4 Å². The predicted molar refractivity (Wildman–Crippen MR) is 73.6 cm³/mol. The smallest absolute Gasteiger partial charge is 0.0998 e. The van der Waals surface area contributed by atoms with Crippen molar-refractivity contribution < 1.29 is 5.11 Å². The van der Waals surface area contributed by atoms with Crippen LogP contribution in [0.4, 0.5) is 0 Å². The Labute approximate surface area is 112 Å². The SMILES string of the molecule is N#Cc1cccc2[nH]cc(C(O)C3CCNCC3)c12. The topological polar surface area (TPSA) is 71.8 Å². The molecule has 19 heavy (non-hydrogen) atoms. The van der Waals surface area contributed by atoms with Crippen molar-refractivity contribution in [3.05, 3.63) is 35.5 Å². The number of aliphatic hydroxyl groups excluding tert-OH is 1. The summed E-state index contributed by atoms with van der Waals surface area (Å²) in [5.41, 5.74) is 2.41. The Balaban J connectivity index is 2.02. The van der Waals surface area contributed by atoms with Crippen LogP contribution in [-0.2, 0) is 0 Å². The quantitative estimate of drug-likeness (QED) is 0.769. The number of piperidine rings is 1. The first-order valence-corrected chi connectivity index (χ1v) is 6.70. The summed E-state index contributed by atoms with van der Waals surface area (Å²) >= 11 is 0. The average molecular weight is 255 g/mol. The van der Waals surface area contributed by atoms with Gasteiger partial charge >= 0.3 is 0 Å². The Bertz CT molecular complexity index is 620. The largest absolute Gasteiger partial charge is 0.388 e. The highest BCUT2D eigenvalue weighted by Crippen LogP contribution is 2.34. The van der Waals surface area contributed by atoms with Crippen molar-refractivity contribution >= 4 is 10.9 Å². The molecule has 1 fully saturated rings. The molecule has 1 atom stereocenters. The zero-order valence-electron chi connectivity index (χ0n) is 10.7. The van der Waals surface area contributed by atoms with Crippen LogP contribution in [0.3, 0.4) is 0 Å². The number of nitrogens with zero attached hydrogens (tertiary/aromatic N) is 1. The molecule has 3 rings (SSSR count). The Morgan fingerprint density at radius 3 is 2.84 bits per heavy atom. The summed E-state index contributed by atoms with van der Waals surface area (Å²) in [6.07, 6.45) is 3.30. The van der Waals surface area contributed by atoms with Crippen LogP contribution < -0.4 is 5.32 Å². The van der Waals surface area contributed by atoms with Gasteiger partial charge in [-0.05, 0) is 44.0 Å². The van der Waals surface area contributed by atoms with Crippen molar-refractivity contribution in [2.45, 2.75) is 18.9 Å². The molecule has 0 spiro atoms. The lowest BCUT2D eigenvalue weighted by Gasteiger charge is -2.27. The molecular weight excluding hydrogens is 238 g/mol. The first kappa shape index (κ1) is 12.2. The highest BCUT2D eigenvalue weighted by Gasteiger charge is 2.25. The van der Waals surface area contributed by atoms with E-state index >= 15 is 0 Å². The van der Waals surface area contributed by atoms with Gasteiger partial charge < -0.3 is 15.4 Å². The first-order valence-electron chi connectivity index (χ1n) is 6.70. The van der Waals surface area contributed by atoms with Crippen LogP contribution in [0.5, 0.6) is 0 Å². The number of nitrogens with one attached hydrogen (secondary N) is 2. The van der Waals surface area contributed by atoms with E-state index in [-0.39, 0.29) is 5.92 Å². The van der Waals surface area contributed by atoms with Crippen molar-refractivity contribution in [2.24, 2.45) is 5.92 Å². The zero-order valence-corrected chi connectivity index (χ0v) is 10.7. The molecule has 1 aromatic heterocycles. The lowest BCUT2D eigenvalue weighted by Crippen LogP contribution is -2.30. The lowest BCUT2D eigenvalue weighted by atomic mass is 9.87. The van der Waals surface area contributed by atoms with E-state index in [0.29, 0.717) is 5.56 Å². The van der Waals surface area contributed by atoms with E-state index in [1.54, 1.807) is 6.07 Å². The summed E-state index contributed by atoms with van der Waals surface area (Å²) in [6, 6.07) is 7.81. The Morgan fingerprint density at radius 2 is 2.11 bits per heavy atom. The molecule has 2 aromatic rings. The molecule has 1 unspecified atom stereocenters. The van der Waals surface area contributed by atoms with Crippen molar-refractivity contribution in [3.63, 3.8) is 0 Å². The Kier molecular flexibility index (Phi) is 3.24. The zero-order chi connectivity index (χ0) is 13.2. The minimum atomic E-state index is -0.495. The Morgan fingerprint density at radius 1 is 1.32 bits per heavy atom. The molecule has 1 aliphatic heterocycles. The summed E-state index contributed by atoms with van der Waals surface area (Å²) < 4.78 is 0. The van der Waals surface area contributed by atoms with Crippen molar-refractivity contribution in [1.82, 2.24) is 10.3 Å². The second-order valence-electron chi connectivity index (χ2n) is 5.12. The van der Waals surface area contributed by atoms with Gasteiger partial charge in [-0.2, -0.15) is 5.26 Å². The van der Waals surface area contributed by atoms with E-state index in [9.17, 15) is 10.4 Å². The standard InChI is InChI=1S/C15H17N3O/c16-8-11-2-1-3-13-14(11)12(9-18-13)15(19)10-4-6-17-7-5-10/h1-3,9-10,15,17-19H,4-7H2. The fraction of sp³-hybridized carbons (Fsp3) is 0.400. The van der Waals surface area contributed by atoms with E-state index in [1.165, 1.54) is 0 Å². The maximum Gasteiger partial charge on any atom is 0.0998 e. The molecule has 4 nitrogen and oxygen atoms in total. The van der Waals surface area contributed by atoms with Crippen LogP contribution in [0.1, 0.15) is 30.1 Å². The summed E-state index contributed by atoms with van der Waals surface area (Å²) in [4.78, 5) is 3.16. The molecule has 0 radical (unpaired) electrons. The van der Waals surface area contributed by atoms with Crippen LogP contribution in [0.25, 0.3) is 10.9 Å². The van der Waals surface area contributed by atoms with Gasteiger partial charge in [0.2, 0.25) is 0 Å². The molecule has 1 saturated heterocycles. The van der Waals surface area contributed by atoms with Gasteiger partial charge in [-0.3, -0.25) is 0 Å². The van der Waals surface area contributed by atoms with Crippen LogP contribution in [0.2, 0.25) is 0 Å². The van der Waals surface area contributed by atoms with Crippen LogP contribution in [0.15, 0.2) is 24.4 Å². The van der Waals surface area contributed by atoms with Gasteiger partial charge in [0, 0.05) is 22.7 Å². The summed E-state index contributed by atoms with van der Waals surface area (Å²) in [6.45, 7) is 1.91. The minimum absolute atomic E-state index is 0.270. The molecule has 4 heteroatoms. The predicted octanol–water partition coefficient (Wildman–Crippen LogP) is 2.07. The van der Waals surface area contributed by atoms with Crippen molar-refractivity contribution in [3.8, 4) is 6.07 Å². The molecule has 3 N–H and O–H groups in total. The van der Waals surface area contributed by atoms with E-state index in [4.69, 9.17) is 0 Å². The van der Waals surface area contributed by atoms with Crippen LogP contribution in [0, 0.1) is 17.2 Å². The molecule has 1 aromatic carbocycles. The number of aromatic amines is 1. The highest BCUT2D eigenvalue weighted by atomic mass is 16.3. The van der Waals surface area contributed by atoms with Crippen LogP contribution >= 0.6 is 0 Å². The number of hydrogen-bond donors (Lipinski definition) is 3. The molecule has 98 valence electrons. The molecule has 0 bridgehead atoms. The number of H-pyrrole nitrogens is 1. The Hall–Kier alpha value is -1.83. The fourth-order valence-corrected chi connectivity index (χ4v) is 2.95. The first-order chi connectivity index (χ1) is 9.31. The molecule has 1 aliphatic rings. The van der Waals surface area contributed by atoms with Gasteiger partial charge in [0.25, 0.3) is 0 Å². The molecule has 0 aliphatic carbocycles. The number of rotatable bonds is 2. The second-order valence-corrected chi connectivity index (χ2v) is 5.12. The number of hydrogen-bond acceptors (Lipinski definition) is 3. The molecular formula is C15H17N3O. The van der Waals surface area contributed by atoms with Gasteiger partial charge in [-0.1, -0.05) is 6.07 Å². The van der Waals surface area contributed by atoms with Gasteiger partial charge in [0.1, 0.15) is 0 Å². The summed E-state index contributed by atoms with van der Waals surface area (Å²) in [7, 11) is 0. The maximum atomic E-state index is 10.6. The number of aromatic nitrogens is 1. The number of fused-ring (bicyclic) bond motifs is 1. The minimum Gasteiger partial charge on any atom is -0.388 e. The second kappa shape index (κ2) is 5.04. The van der Waals surface area contributed by atoms with Gasteiger partial charge in [-0.25, -0.2) is 0 Å². The van der Waals surface area contributed by atoms with Crippen molar-refractivity contribution in [1.29, 1.82) is 5.26 Å². The highest BCUT2D eigenvalue weighted by molar-refractivity contribution is 5.89. The third-order valence-electron chi connectivity index (χ3n) is 4.01. The number of benzene rings is 1. The average Bonchev–Trinajstić information content (AvgIpc) is 2.91. The molecule has 0 saturated carbocycles. The van der Waals surface area contributed by atoms with E-state index < -0.39 is 6.10 Å². The summed E-state index contributed by atoms with van der Waals surface area (Å²) in [5.74, 6) is 0.270. The molecule has 2 heterocycles. The van der Waals surface area contributed by atoms with E-state index in [0.717, 1.165) is 42.4 Å². The normalized spacial score (nSPS) is 18.3. The van der Waals surface area contributed by atoms with Gasteiger partial charge in [0.05, 0.1) is 17.7 Å². The van der Waals surface area contributed by atoms with E-state index in [1.807, 2.05) is 18.3 Å². The number of nitriles is 1. The van der Waals surface area contributed by atoms with Crippen LogP contribution in [-0.4, -0.2) is 23.2 Å². The van der Waals surface area contributed by atoms with Crippen molar-refractivity contribution in [2.75, 3.05) is 13.1 Å². The third-order valence-corrected chi connectivity index (χ3v) is 4.01. The lowest BCUT2D eigenvalue weighted by molar-refractivity contribution is 0.0902. The summed E-state index contributed by atoms with van der Waals surface area (Å²) in [5, 5.41) is 24.0.